The molecular weight excluding hydrogens is 84.1 g/mol. The van der Waals surface area contributed by atoms with Crippen molar-refractivity contribution in [3.63, 3.8) is 0 Å². The minimum atomic E-state index is 0. The lowest BCUT2D eigenvalue weighted by atomic mass is 11.9. The van der Waals surface area contributed by atoms with Gasteiger partial charge in [-0.25, -0.2) is 0 Å². The molecule has 0 rings (SSSR count). The molecule has 0 N–H and O–H groups in total. The first kappa shape index (κ1) is 27.1. The predicted octanol–water partition coefficient (Wildman–Crippen LogP) is 0.190. The maximum absolute atomic E-state index is 6.25. The Morgan fingerprint density at radius 2 is 0.800 bits per heavy atom. The van der Waals surface area contributed by atoms with Gasteiger partial charge in [-0.15, -0.1) is 0 Å². The zero-order chi connectivity index (χ0) is 4.00. The van der Waals surface area contributed by atoms with Crippen LogP contribution in [0.3, 0.4) is 0 Å². The second kappa shape index (κ2) is 40.3. The van der Waals surface area contributed by atoms with Crippen LogP contribution in [0.15, 0.2) is 0 Å². The summed E-state index contributed by atoms with van der Waals surface area (Å²) >= 11 is 0. The lowest BCUT2D eigenvalue weighted by Crippen LogP contribution is -0.530. The van der Waals surface area contributed by atoms with Crippen LogP contribution in [0.2, 0.25) is 0 Å². The zero-order valence-corrected chi connectivity index (χ0v) is 3.12. The molecule has 0 aliphatic carbocycles. The second-order valence-corrected chi connectivity index (χ2v) is 0. The first-order chi connectivity index (χ1) is 2.00. The van der Waals surface area contributed by atoms with Crippen molar-refractivity contribution in [2.75, 3.05) is 0 Å². The Hall–Kier alpha value is -0.670. The fourth-order valence-corrected chi connectivity index (χ4v) is 0. The van der Waals surface area contributed by atoms with Crippen LogP contribution in [0.1, 0.15) is 0 Å². The van der Waals surface area contributed by atoms with Crippen LogP contribution < -0.4 is 0 Å². The fourth-order valence-electron chi connectivity index (χ4n) is 0. The monoisotopic (exact) mass is 84.0 g/mol. The molecule has 0 aromatic rings. The molecule has 0 spiro atoms. The number of hydrogen-bond acceptors (Lipinski definition) is 2. The van der Waals surface area contributed by atoms with Gasteiger partial charge in [-0.3, -0.25) is 0 Å². The average Bonchev–Trinajstić information content (AvgIpc) is 1.50. The Morgan fingerprint density at radius 1 is 0.800 bits per heavy atom. The minimum absolute atomic E-state index is 0. The van der Waals surface area contributed by atoms with Crippen LogP contribution in [0.25, 0.3) is 0 Å². The van der Waals surface area contributed by atoms with Crippen molar-refractivity contribution in [1.82, 2.24) is 0 Å². The van der Waals surface area contributed by atoms with E-state index in [-0.39, 0.29) is 13.5 Å². The molecular formula is C2N2S. The molecule has 0 bridgehead atoms. The summed E-state index contributed by atoms with van der Waals surface area (Å²) in [5, 5.41) is 12.5. The highest BCUT2D eigenvalue weighted by atomic mass is 32.1. The third-order valence-electron chi connectivity index (χ3n) is 0. The highest BCUT2D eigenvalue weighted by Crippen LogP contribution is 0.628. The van der Waals surface area contributed by atoms with Gasteiger partial charge in [0.25, 0.3) is 0 Å². The molecule has 0 saturated heterocycles. The van der Waals surface area contributed by atoms with Gasteiger partial charge in [0.05, 0.1) is 0 Å². The highest BCUT2D eigenvalue weighted by Gasteiger charge is 2.00. The summed E-state index contributed by atoms with van der Waals surface area (Å²) in [5.74, 6) is 0. The first-order valence-electron chi connectivity index (χ1n) is 0.447. The average molecular weight is 84.1 g/mol. The summed E-state index contributed by atoms with van der Waals surface area (Å²) in [4.78, 5) is 0. The van der Waals surface area contributed by atoms with E-state index in [0.717, 1.165) is 0 Å². The van der Waals surface area contributed by atoms with Gasteiger partial charge < -0.3 is 23.7 Å². The molecule has 3 heteroatoms. The van der Waals surface area contributed by atoms with Gasteiger partial charge in [-0.1, -0.05) is 0 Å². The van der Waals surface area contributed by atoms with Crippen LogP contribution in [-0.2, 0) is 13.5 Å². The minimum Gasteiger partial charge on any atom is -0.512 e. The van der Waals surface area contributed by atoms with Crippen molar-refractivity contribution in [2.45, 2.75) is 0 Å². The molecule has 0 aliphatic heterocycles. The van der Waals surface area contributed by atoms with Crippen LogP contribution in [0.4, 0.5) is 0 Å². The van der Waals surface area contributed by atoms with Crippen LogP contribution in [-0.4, -0.2) is 0 Å². The molecule has 0 amide bonds. The topological polar surface area (TPSA) is 47.6 Å². The molecule has 0 fully saturated rings. The SMILES string of the molecule is [C-]#N.[C-]#N.[S+2]. The largest absolute Gasteiger partial charge is 2.00 e. The van der Waals surface area contributed by atoms with Crippen molar-refractivity contribution in [3.05, 3.63) is 13.1 Å². The first-order valence-corrected chi connectivity index (χ1v) is 0.447. The molecule has 2 nitrogen and oxygen atoms in total. The predicted molar refractivity (Wildman–Crippen MR) is 17.3 cm³/mol. The standard InChI is InChI=1S/2CN.S/c2*1-2;/q2*-1;+2. The van der Waals surface area contributed by atoms with Gasteiger partial charge in [-0.05, 0) is 0 Å². The number of nitrogens with zero attached hydrogens (tertiary/aromatic N) is 2. The van der Waals surface area contributed by atoms with Gasteiger partial charge in [0.2, 0.25) is 0 Å². The van der Waals surface area contributed by atoms with Crippen LogP contribution in [0.5, 0.6) is 0 Å². The van der Waals surface area contributed by atoms with Gasteiger partial charge >= 0.3 is 13.5 Å². The summed E-state index contributed by atoms with van der Waals surface area (Å²) < 4.78 is 0. The van der Waals surface area contributed by atoms with E-state index in [2.05, 4.69) is 0 Å². The van der Waals surface area contributed by atoms with Crippen molar-refractivity contribution < 1.29 is 0 Å². The molecule has 24 valence electrons. The van der Waals surface area contributed by atoms with Crippen molar-refractivity contribution in [1.29, 1.82) is 10.5 Å². The lowest BCUT2D eigenvalue weighted by molar-refractivity contribution is 1.53. The maximum atomic E-state index is 6.25. The van der Waals surface area contributed by atoms with E-state index in [1.807, 2.05) is 0 Å². The molecule has 0 aromatic carbocycles. The summed E-state index contributed by atoms with van der Waals surface area (Å²) in [7, 11) is 0. The number of rotatable bonds is 0. The Kier molecular flexibility index (Phi) is 219. The quantitative estimate of drug-likeness (QED) is 0.393. The van der Waals surface area contributed by atoms with Crippen LogP contribution >= 0.6 is 0 Å². The third kappa shape index (κ3) is 13.1. The Labute approximate surface area is 38.1 Å². The summed E-state index contributed by atoms with van der Waals surface area (Å²) in [6.07, 6.45) is 0. The van der Waals surface area contributed by atoms with E-state index in [1.54, 1.807) is 0 Å². The third-order valence-corrected chi connectivity index (χ3v) is 0. The summed E-state index contributed by atoms with van der Waals surface area (Å²) in [6.45, 7) is 9.50. The molecule has 0 aliphatic rings. The van der Waals surface area contributed by atoms with Crippen molar-refractivity contribution >= 4 is 13.5 Å². The zero-order valence-electron chi connectivity index (χ0n) is 2.30. The van der Waals surface area contributed by atoms with E-state index in [1.165, 1.54) is 0 Å². The Bertz CT molecular complexity index is 23.1. The van der Waals surface area contributed by atoms with E-state index < -0.39 is 0 Å². The van der Waals surface area contributed by atoms with E-state index >= 15 is 0 Å². The van der Waals surface area contributed by atoms with Crippen LogP contribution in [0, 0.1) is 23.7 Å². The summed E-state index contributed by atoms with van der Waals surface area (Å²) in [6, 6.07) is 0. The molecule has 0 atom stereocenters. The maximum Gasteiger partial charge on any atom is 2.00 e. The van der Waals surface area contributed by atoms with E-state index in [0.29, 0.717) is 0 Å². The Balaban J connectivity index is -0.0000000133. The lowest BCUT2D eigenvalue weighted by Gasteiger charge is -1.08. The molecule has 0 heterocycles. The Morgan fingerprint density at radius 3 is 0.800 bits per heavy atom. The van der Waals surface area contributed by atoms with E-state index in [9.17, 15) is 0 Å². The van der Waals surface area contributed by atoms with Crippen molar-refractivity contribution in [3.8, 4) is 0 Å². The van der Waals surface area contributed by atoms with E-state index in [4.69, 9.17) is 23.7 Å². The van der Waals surface area contributed by atoms with Crippen molar-refractivity contribution in [2.24, 2.45) is 0 Å². The molecule has 0 saturated carbocycles. The molecule has 4 radical (unpaired) electrons. The molecule has 0 aromatic heterocycles. The van der Waals surface area contributed by atoms with Gasteiger partial charge in [0, 0.05) is 0 Å². The molecule has 5 heavy (non-hydrogen) atoms. The van der Waals surface area contributed by atoms with Gasteiger partial charge in [0.15, 0.2) is 0 Å². The van der Waals surface area contributed by atoms with Gasteiger partial charge in [0.1, 0.15) is 0 Å². The molecule has 0 unspecified atom stereocenters. The summed E-state index contributed by atoms with van der Waals surface area (Å²) in [5.41, 5.74) is 0. The highest BCUT2D eigenvalue weighted by molar-refractivity contribution is 7.37. The van der Waals surface area contributed by atoms with Gasteiger partial charge in [-0.2, -0.15) is 0 Å². The second-order valence-electron chi connectivity index (χ2n) is 0. The normalized spacial score (nSPS) is 0.800. The number of hydrogen-bond donors (Lipinski definition) is 0. The fraction of sp³-hybridized carbons (Fsp3) is 0. The smallest absolute Gasteiger partial charge is 0.512 e.